The minimum absolute atomic E-state index is 0.0680. The molecule has 0 spiro atoms. The third-order valence-corrected chi connectivity index (χ3v) is 6.44. The maximum atomic E-state index is 13.3. The molecule has 2 aliphatic rings. The van der Waals surface area contributed by atoms with Crippen LogP contribution in [0.3, 0.4) is 0 Å². The molecule has 3 aromatic rings. The van der Waals surface area contributed by atoms with Crippen molar-refractivity contribution in [1.29, 1.82) is 0 Å². The molecule has 11 heteroatoms. The van der Waals surface area contributed by atoms with Gasteiger partial charge in [-0.15, -0.1) is 0 Å². The molecule has 1 amide bonds. The van der Waals surface area contributed by atoms with Gasteiger partial charge < -0.3 is 10.6 Å². The smallest absolute Gasteiger partial charge is 0.354 e. The van der Waals surface area contributed by atoms with Crippen molar-refractivity contribution in [3.8, 4) is 0 Å². The number of carbonyl (C=O) groups excluding carboxylic acids is 2. The third-order valence-electron chi connectivity index (χ3n) is 6.44. The van der Waals surface area contributed by atoms with Crippen molar-refractivity contribution in [3.05, 3.63) is 77.1 Å². The number of hydrogen-bond donors (Lipinski definition) is 2. The second-order valence-electron chi connectivity index (χ2n) is 9.12. The molecule has 2 N–H and O–H groups in total. The molecule has 5 rings (SSSR count). The Hall–Kier alpha value is -4.15. The van der Waals surface area contributed by atoms with Gasteiger partial charge >= 0.3 is 6.18 Å². The van der Waals surface area contributed by atoms with Gasteiger partial charge in [0.05, 0.1) is 52.2 Å². The fourth-order valence-corrected chi connectivity index (χ4v) is 4.15. The van der Waals surface area contributed by atoms with E-state index in [1.807, 2.05) is 0 Å². The van der Waals surface area contributed by atoms with Gasteiger partial charge in [-0.05, 0) is 49.2 Å². The lowest BCUT2D eigenvalue weighted by Gasteiger charge is -2.16. The average Bonchev–Trinajstić information content (AvgIpc) is 3.49. The van der Waals surface area contributed by atoms with Crippen LogP contribution in [0.2, 0.25) is 0 Å². The van der Waals surface area contributed by atoms with Crippen molar-refractivity contribution in [2.45, 2.75) is 38.4 Å². The van der Waals surface area contributed by atoms with E-state index in [0.29, 0.717) is 42.3 Å². The summed E-state index contributed by atoms with van der Waals surface area (Å²) in [5.41, 5.74) is 0.481. The third kappa shape index (κ3) is 5.35. The number of benzene rings is 1. The van der Waals surface area contributed by atoms with Gasteiger partial charge in [0.25, 0.3) is 0 Å². The van der Waals surface area contributed by atoms with Gasteiger partial charge in [-0.2, -0.15) is 13.2 Å². The Kier molecular flexibility index (Phi) is 6.22. The maximum Gasteiger partial charge on any atom is 0.418 e. The highest BCUT2D eigenvalue weighted by molar-refractivity contribution is 6.01. The molecule has 1 saturated carbocycles. The molecule has 1 aromatic carbocycles. The number of carbonyl (C=O) groups is 2. The first-order valence-corrected chi connectivity index (χ1v) is 11.5. The average molecular weight is 511 g/mol. The van der Waals surface area contributed by atoms with E-state index >= 15 is 0 Å². The minimum atomic E-state index is -4.73. The van der Waals surface area contributed by atoms with E-state index < -0.39 is 23.0 Å². The fourth-order valence-electron chi connectivity index (χ4n) is 4.15. The SMILES string of the molecule is O=C(CC1(C(=O)NCc2ccc(Nc3ccc(F)cc3C(F)(F)F)cn2)CC1)c1cnc2c(c1)N=CC2. The molecule has 0 atom stereocenters. The summed E-state index contributed by atoms with van der Waals surface area (Å²) in [6.45, 7) is 0.0918. The number of ketones is 1. The van der Waals surface area contributed by atoms with Crippen LogP contribution in [0.25, 0.3) is 0 Å². The molecular formula is C26H21F4N5O2. The van der Waals surface area contributed by atoms with Crippen molar-refractivity contribution < 1.29 is 27.2 Å². The lowest BCUT2D eigenvalue weighted by atomic mass is 9.95. The lowest BCUT2D eigenvalue weighted by molar-refractivity contribution is -0.137. The van der Waals surface area contributed by atoms with Crippen molar-refractivity contribution in [2.75, 3.05) is 5.32 Å². The number of aliphatic imine (C=N–C) groups is 1. The summed E-state index contributed by atoms with van der Waals surface area (Å²) >= 11 is 0. The predicted octanol–water partition coefficient (Wildman–Crippen LogP) is 5.31. The zero-order valence-electron chi connectivity index (χ0n) is 19.4. The van der Waals surface area contributed by atoms with E-state index in [2.05, 4.69) is 25.6 Å². The van der Waals surface area contributed by atoms with E-state index in [1.54, 1.807) is 18.3 Å². The number of Topliss-reactive ketones (excluding diaryl/α,β-unsaturated/α-hetero) is 1. The molecule has 1 aliphatic heterocycles. The number of amides is 1. The van der Waals surface area contributed by atoms with E-state index in [1.165, 1.54) is 18.5 Å². The summed E-state index contributed by atoms with van der Waals surface area (Å²) in [6, 6.07) is 7.13. The van der Waals surface area contributed by atoms with Crippen LogP contribution in [0.1, 0.15) is 46.6 Å². The molecule has 0 radical (unpaired) electrons. The van der Waals surface area contributed by atoms with Crippen molar-refractivity contribution >= 4 is 35.0 Å². The molecule has 0 bridgehead atoms. The zero-order valence-corrected chi connectivity index (χ0v) is 19.4. The number of nitrogens with one attached hydrogen (secondary N) is 2. The first-order chi connectivity index (χ1) is 17.6. The number of pyridine rings is 2. The van der Waals surface area contributed by atoms with E-state index in [-0.39, 0.29) is 36.0 Å². The summed E-state index contributed by atoms with van der Waals surface area (Å²) in [5, 5.41) is 5.40. The summed E-state index contributed by atoms with van der Waals surface area (Å²) in [4.78, 5) is 38.3. The highest BCUT2D eigenvalue weighted by Gasteiger charge is 2.51. The van der Waals surface area contributed by atoms with Crippen molar-refractivity contribution in [2.24, 2.45) is 10.4 Å². The predicted molar refractivity (Wildman–Crippen MR) is 127 cm³/mol. The highest BCUT2D eigenvalue weighted by Crippen LogP contribution is 2.50. The summed E-state index contributed by atoms with van der Waals surface area (Å²) < 4.78 is 52.9. The largest absolute Gasteiger partial charge is 0.418 e. The number of alkyl halides is 3. The van der Waals surface area contributed by atoms with Gasteiger partial charge in [0.1, 0.15) is 5.82 Å². The summed E-state index contributed by atoms with van der Waals surface area (Å²) in [5.74, 6) is -1.41. The standard InChI is InChI=1S/C26H21F4N5O2/c27-16-1-4-20(19(10-16)26(28,29)30)35-18-3-2-17(32-14-18)13-34-24(37)25(6-7-25)11-23(36)15-9-22-21(33-12-15)5-8-31-22/h1-4,8-10,12,14,35H,5-7,11,13H2,(H,34,37). The van der Waals surface area contributed by atoms with Crippen molar-refractivity contribution in [3.63, 3.8) is 0 Å². The number of halogens is 4. The Morgan fingerprint density at radius 2 is 1.84 bits per heavy atom. The van der Waals surface area contributed by atoms with Crippen LogP contribution in [0.4, 0.5) is 34.6 Å². The molecular weight excluding hydrogens is 490 g/mol. The van der Waals surface area contributed by atoms with Crippen LogP contribution in [0.15, 0.2) is 53.8 Å². The van der Waals surface area contributed by atoms with Gasteiger partial charge in [-0.3, -0.25) is 24.5 Å². The fraction of sp³-hybridized carbons (Fsp3) is 0.269. The van der Waals surface area contributed by atoms with Crippen LogP contribution in [-0.4, -0.2) is 27.9 Å². The quantitative estimate of drug-likeness (QED) is 0.316. The molecule has 190 valence electrons. The number of nitrogens with zero attached hydrogens (tertiary/aromatic N) is 3. The number of rotatable bonds is 8. The number of aromatic nitrogens is 2. The van der Waals surface area contributed by atoms with E-state index in [9.17, 15) is 27.2 Å². The van der Waals surface area contributed by atoms with E-state index in [0.717, 1.165) is 17.8 Å². The molecule has 3 heterocycles. The first kappa shape index (κ1) is 24.5. The molecule has 37 heavy (non-hydrogen) atoms. The molecule has 0 unspecified atom stereocenters. The Balaban J connectivity index is 1.18. The maximum absolute atomic E-state index is 13.3. The zero-order chi connectivity index (χ0) is 26.2. The monoisotopic (exact) mass is 511 g/mol. The van der Waals surface area contributed by atoms with Crippen LogP contribution in [-0.2, 0) is 23.9 Å². The summed E-state index contributed by atoms with van der Waals surface area (Å²) in [6.07, 6.45) is 1.75. The van der Waals surface area contributed by atoms with Gasteiger partial charge in [0, 0.05) is 30.8 Å². The Morgan fingerprint density at radius 3 is 2.54 bits per heavy atom. The minimum Gasteiger partial charge on any atom is -0.354 e. The molecule has 7 nitrogen and oxygen atoms in total. The molecule has 1 aliphatic carbocycles. The van der Waals surface area contributed by atoms with Gasteiger partial charge in [0.2, 0.25) is 5.91 Å². The normalized spacial score (nSPS) is 15.2. The highest BCUT2D eigenvalue weighted by atomic mass is 19.4. The number of hydrogen-bond acceptors (Lipinski definition) is 6. The van der Waals surface area contributed by atoms with Crippen LogP contribution in [0, 0.1) is 11.2 Å². The first-order valence-electron chi connectivity index (χ1n) is 11.5. The van der Waals surface area contributed by atoms with Crippen molar-refractivity contribution in [1.82, 2.24) is 15.3 Å². The van der Waals surface area contributed by atoms with Gasteiger partial charge in [0.15, 0.2) is 5.78 Å². The Morgan fingerprint density at radius 1 is 1.03 bits per heavy atom. The molecule has 2 aromatic heterocycles. The van der Waals surface area contributed by atoms with Crippen LogP contribution >= 0.6 is 0 Å². The lowest BCUT2D eigenvalue weighted by Crippen LogP contribution is -2.33. The van der Waals surface area contributed by atoms with Gasteiger partial charge in [-0.25, -0.2) is 4.39 Å². The van der Waals surface area contributed by atoms with Crippen LogP contribution in [0.5, 0.6) is 0 Å². The second-order valence-corrected chi connectivity index (χ2v) is 9.12. The van der Waals surface area contributed by atoms with E-state index in [4.69, 9.17) is 0 Å². The van der Waals surface area contributed by atoms with Crippen LogP contribution < -0.4 is 10.6 Å². The Bertz CT molecular complexity index is 1400. The number of anilines is 2. The molecule has 0 saturated heterocycles. The van der Waals surface area contributed by atoms with Gasteiger partial charge in [-0.1, -0.05) is 0 Å². The summed E-state index contributed by atoms with van der Waals surface area (Å²) in [7, 11) is 0. The number of fused-ring (bicyclic) bond motifs is 1. The molecule has 1 fully saturated rings. The second kappa shape index (κ2) is 9.38. The Labute approximate surface area is 209 Å². The topological polar surface area (TPSA) is 96.3 Å².